The molecule has 11 heteroatoms. The van der Waals surface area contributed by atoms with Crippen molar-refractivity contribution in [2.45, 2.75) is 84.7 Å². The zero-order valence-corrected chi connectivity index (χ0v) is 25.5. The number of aliphatic carboxylic acids is 1. The van der Waals surface area contributed by atoms with Crippen LogP contribution in [0.2, 0.25) is 5.02 Å². The highest BCUT2D eigenvalue weighted by Gasteiger charge is 2.50. The molecule has 7 nitrogen and oxygen atoms in total. The summed E-state index contributed by atoms with van der Waals surface area (Å²) in [4.78, 5) is 33.7. The second-order valence-corrected chi connectivity index (χ2v) is 13.7. The van der Waals surface area contributed by atoms with Crippen molar-refractivity contribution in [1.82, 2.24) is 10.6 Å². The van der Waals surface area contributed by atoms with Gasteiger partial charge in [0.15, 0.2) is 0 Å². The maximum absolute atomic E-state index is 13.1. The molecule has 1 aromatic rings. The van der Waals surface area contributed by atoms with Gasteiger partial charge in [0.2, 0.25) is 0 Å². The number of esters is 1. The Bertz CT molecular complexity index is 1070. The van der Waals surface area contributed by atoms with E-state index in [-0.39, 0.29) is 11.9 Å². The van der Waals surface area contributed by atoms with Crippen molar-refractivity contribution in [1.29, 1.82) is 0 Å². The third-order valence-electron chi connectivity index (χ3n) is 8.47. The molecule has 1 amide bonds. The predicted molar refractivity (Wildman–Crippen MR) is 154 cm³/mol. The summed E-state index contributed by atoms with van der Waals surface area (Å²) in [5.41, 5.74) is 1.61. The molecule has 236 valence electrons. The second kappa shape index (κ2) is 14.4. The topological polar surface area (TPSA) is 105 Å². The maximum Gasteiger partial charge on any atom is 0.490 e. The monoisotopic (exact) mass is 616 g/mol. The van der Waals surface area contributed by atoms with Crippen LogP contribution in [0.4, 0.5) is 13.2 Å². The van der Waals surface area contributed by atoms with Crippen LogP contribution in [0.25, 0.3) is 0 Å². The molecule has 4 aliphatic rings. The first-order valence-electron chi connectivity index (χ1n) is 14.8. The third kappa shape index (κ3) is 10.1. The molecular formula is C31H44ClF3N2O5. The number of nitrogens with one attached hydrogen (secondary N) is 2. The number of halogens is 4. The highest BCUT2D eigenvalue weighted by Crippen LogP contribution is 2.59. The lowest BCUT2D eigenvalue weighted by molar-refractivity contribution is -0.192. The number of hydrogen-bond donors (Lipinski definition) is 3. The van der Waals surface area contributed by atoms with E-state index in [4.69, 9.17) is 26.2 Å². The van der Waals surface area contributed by atoms with E-state index in [2.05, 4.69) is 10.6 Å². The number of benzene rings is 1. The number of carbonyl (C=O) groups excluding carboxylic acids is 2. The van der Waals surface area contributed by atoms with Gasteiger partial charge in [-0.05, 0) is 133 Å². The molecule has 0 aromatic heterocycles. The Morgan fingerprint density at radius 1 is 1.00 bits per heavy atom. The van der Waals surface area contributed by atoms with Crippen LogP contribution in [0.1, 0.15) is 88.1 Å². The fraction of sp³-hybridized carbons (Fsp3) is 0.710. The van der Waals surface area contributed by atoms with E-state index >= 15 is 0 Å². The number of carbonyl (C=O) groups is 3. The number of hydrogen-bond acceptors (Lipinski definition) is 5. The largest absolute Gasteiger partial charge is 0.490 e. The summed E-state index contributed by atoms with van der Waals surface area (Å²) in [6.07, 6.45) is 5.70. The van der Waals surface area contributed by atoms with Gasteiger partial charge in [-0.2, -0.15) is 13.2 Å². The van der Waals surface area contributed by atoms with Crippen molar-refractivity contribution in [3.05, 3.63) is 34.3 Å². The van der Waals surface area contributed by atoms with Gasteiger partial charge in [-0.1, -0.05) is 17.7 Å². The number of ether oxygens (including phenoxy) is 1. The predicted octanol–water partition coefficient (Wildman–Crippen LogP) is 6.42. The Morgan fingerprint density at radius 3 is 2.07 bits per heavy atom. The summed E-state index contributed by atoms with van der Waals surface area (Å²) in [6, 6.07) is 5.83. The molecule has 0 radical (unpaired) electrons. The Labute approximate surface area is 251 Å². The normalized spacial score (nSPS) is 24.5. The van der Waals surface area contributed by atoms with Gasteiger partial charge < -0.3 is 20.5 Å². The number of amides is 1. The molecular weight excluding hydrogens is 573 g/mol. The minimum Gasteiger partial charge on any atom is -0.475 e. The number of carboxylic acid groups (broad SMARTS) is 1. The SMILES string of the molecule is CC(C)(C)C(=O)OCCCNCCCc1ccc(Cl)c(C(=O)NCC23CC4CC(CC(C4)C2)C3)c1.O=C(O)C(F)(F)F. The fourth-order valence-corrected chi connectivity index (χ4v) is 7.10. The van der Waals surface area contributed by atoms with Crippen LogP contribution in [-0.2, 0) is 20.7 Å². The molecule has 4 fully saturated rings. The van der Waals surface area contributed by atoms with Crippen LogP contribution < -0.4 is 10.6 Å². The molecule has 4 saturated carbocycles. The van der Waals surface area contributed by atoms with Gasteiger partial charge in [0.1, 0.15) is 0 Å². The molecule has 0 spiro atoms. The van der Waals surface area contributed by atoms with E-state index in [9.17, 15) is 22.8 Å². The molecule has 0 atom stereocenters. The Morgan fingerprint density at radius 2 is 1.55 bits per heavy atom. The number of alkyl halides is 3. The summed E-state index contributed by atoms with van der Waals surface area (Å²) >= 11 is 6.42. The van der Waals surface area contributed by atoms with Crippen LogP contribution in [-0.4, -0.2) is 55.4 Å². The summed E-state index contributed by atoms with van der Waals surface area (Å²) in [5, 5.41) is 14.3. The zero-order chi connectivity index (χ0) is 31.1. The van der Waals surface area contributed by atoms with Crippen LogP contribution in [0.15, 0.2) is 18.2 Å². The standard InChI is InChI=1S/C29H43ClN2O3.C2HF3O2/c1-28(2,3)27(34)35-11-5-10-31-9-4-6-20-7-8-25(30)24(15-20)26(33)32-19-29-16-21-12-22(17-29)14-23(13-21)18-29;3-2(4,5)1(6)7/h7-8,15,21-23,31H,4-6,9-14,16-19H2,1-3H3,(H,32,33);(H,6,7). The number of aryl methyl sites for hydroxylation is 1. The number of carboxylic acids is 1. The minimum atomic E-state index is -5.08. The first-order chi connectivity index (χ1) is 19.6. The highest BCUT2D eigenvalue weighted by atomic mass is 35.5. The van der Waals surface area contributed by atoms with Gasteiger partial charge in [0, 0.05) is 6.54 Å². The average molecular weight is 617 g/mol. The van der Waals surface area contributed by atoms with Crippen molar-refractivity contribution in [3.8, 4) is 0 Å². The van der Waals surface area contributed by atoms with Crippen molar-refractivity contribution in [2.75, 3.05) is 26.2 Å². The lowest BCUT2D eigenvalue weighted by Crippen LogP contribution is -2.51. The van der Waals surface area contributed by atoms with E-state index in [1.807, 2.05) is 39.0 Å². The summed E-state index contributed by atoms with van der Waals surface area (Å²) < 4.78 is 37.0. The van der Waals surface area contributed by atoms with Crippen LogP contribution in [0.3, 0.4) is 0 Å². The van der Waals surface area contributed by atoms with Crippen molar-refractivity contribution in [3.63, 3.8) is 0 Å². The van der Waals surface area contributed by atoms with Gasteiger partial charge in [-0.3, -0.25) is 9.59 Å². The van der Waals surface area contributed by atoms with Crippen molar-refractivity contribution >= 4 is 29.4 Å². The quantitative estimate of drug-likeness (QED) is 0.196. The maximum atomic E-state index is 13.1. The molecule has 0 aliphatic heterocycles. The molecule has 4 bridgehead atoms. The van der Waals surface area contributed by atoms with Crippen LogP contribution >= 0.6 is 11.6 Å². The Hall–Kier alpha value is -2.33. The summed E-state index contributed by atoms with van der Waals surface area (Å²) in [5.74, 6) is -0.285. The van der Waals surface area contributed by atoms with E-state index in [1.165, 1.54) is 38.5 Å². The second-order valence-electron chi connectivity index (χ2n) is 13.3. The lowest BCUT2D eigenvalue weighted by atomic mass is 9.49. The van der Waals surface area contributed by atoms with Gasteiger partial charge in [0.25, 0.3) is 5.91 Å². The average Bonchev–Trinajstić information content (AvgIpc) is 2.88. The van der Waals surface area contributed by atoms with Gasteiger partial charge in [0.05, 0.1) is 22.6 Å². The van der Waals surface area contributed by atoms with E-state index in [1.54, 1.807) is 0 Å². The van der Waals surface area contributed by atoms with Gasteiger partial charge >= 0.3 is 18.1 Å². The number of rotatable bonds is 11. The zero-order valence-electron chi connectivity index (χ0n) is 24.7. The first kappa shape index (κ1) is 34.2. The van der Waals surface area contributed by atoms with Crippen LogP contribution in [0.5, 0.6) is 0 Å². The van der Waals surface area contributed by atoms with E-state index in [0.29, 0.717) is 22.6 Å². The third-order valence-corrected chi connectivity index (χ3v) is 8.80. The molecule has 0 saturated heterocycles. The lowest BCUT2D eigenvalue weighted by Gasteiger charge is -2.56. The molecule has 3 N–H and O–H groups in total. The van der Waals surface area contributed by atoms with Crippen LogP contribution in [0, 0.1) is 28.6 Å². The molecule has 5 rings (SSSR count). The van der Waals surface area contributed by atoms with Crippen molar-refractivity contribution in [2.24, 2.45) is 28.6 Å². The molecule has 0 unspecified atom stereocenters. The molecule has 0 heterocycles. The summed E-state index contributed by atoms with van der Waals surface area (Å²) in [6.45, 7) is 8.53. The minimum absolute atomic E-state index is 0.0319. The Balaban J connectivity index is 0.000000616. The van der Waals surface area contributed by atoms with E-state index in [0.717, 1.165) is 62.2 Å². The van der Waals surface area contributed by atoms with Gasteiger partial charge in [-0.25, -0.2) is 4.79 Å². The molecule has 4 aliphatic carbocycles. The summed E-state index contributed by atoms with van der Waals surface area (Å²) in [7, 11) is 0. The smallest absolute Gasteiger partial charge is 0.475 e. The fourth-order valence-electron chi connectivity index (χ4n) is 6.89. The Kier molecular flexibility index (Phi) is 11.7. The molecule has 42 heavy (non-hydrogen) atoms. The van der Waals surface area contributed by atoms with Crippen molar-refractivity contribution < 1.29 is 37.4 Å². The van der Waals surface area contributed by atoms with Gasteiger partial charge in [-0.15, -0.1) is 0 Å². The first-order valence-corrected chi connectivity index (χ1v) is 15.2. The van der Waals surface area contributed by atoms with E-state index < -0.39 is 17.6 Å². The molecule has 1 aromatic carbocycles. The highest BCUT2D eigenvalue weighted by molar-refractivity contribution is 6.33.